The molecule has 0 N–H and O–H groups in total. The number of benzene rings is 1. The summed E-state index contributed by atoms with van der Waals surface area (Å²) in [4.78, 5) is 14.4. The van der Waals surface area contributed by atoms with Crippen LogP contribution in [-0.2, 0) is 0 Å². The third kappa shape index (κ3) is 3.66. The summed E-state index contributed by atoms with van der Waals surface area (Å²) in [6, 6.07) is 7.65. The van der Waals surface area contributed by atoms with E-state index in [2.05, 4.69) is 34.7 Å². The SMILES string of the molecule is CC1(C)CCN(CC(=O)c2cccc(Br)c2)CC1. The van der Waals surface area contributed by atoms with Gasteiger partial charge in [-0.25, -0.2) is 0 Å². The second-order valence-electron chi connectivity index (χ2n) is 5.87. The summed E-state index contributed by atoms with van der Waals surface area (Å²) in [5.41, 5.74) is 1.24. The van der Waals surface area contributed by atoms with Crippen LogP contribution >= 0.6 is 15.9 Å². The molecule has 1 aromatic carbocycles. The number of ketones is 1. The molecule has 1 fully saturated rings. The number of rotatable bonds is 3. The van der Waals surface area contributed by atoms with Crippen LogP contribution in [0.2, 0.25) is 0 Å². The number of hydrogen-bond donors (Lipinski definition) is 0. The van der Waals surface area contributed by atoms with Gasteiger partial charge < -0.3 is 0 Å². The molecule has 0 radical (unpaired) electrons. The van der Waals surface area contributed by atoms with E-state index in [1.807, 2.05) is 24.3 Å². The number of Topliss-reactive ketones (excluding diaryl/α,β-unsaturated/α-hetero) is 1. The first-order valence-corrected chi connectivity index (χ1v) is 7.27. The number of piperidine rings is 1. The molecular weight excluding hydrogens is 290 g/mol. The lowest BCUT2D eigenvalue weighted by Gasteiger charge is -2.36. The van der Waals surface area contributed by atoms with Crippen molar-refractivity contribution in [2.24, 2.45) is 5.41 Å². The molecule has 0 bridgehead atoms. The minimum absolute atomic E-state index is 0.219. The van der Waals surface area contributed by atoms with E-state index in [1.54, 1.807) is 0 Å². The Morgan fingerprint density at radius 2 is 2.00 bits per heavy atom. The number of carbonyl (C=O) groups excluding carboxylic acids is 1. The van der Waals surface area contributed by atoms with Gasteiger partial charge in [-0.3, -0.25) is 9.69 Å². The zero-order valence-corrected chi connectivity index (χ0v) is 12.7. The molecule has 0 amide bonds. The number of nitrogens with zero attached hydrogens (tertiary/aromatic N) is 1. The van der Waals surface area contributed by atoms with E-state index < -0.39 is 0 Å². The Bertz CT molecular complexity index is 432. The maximum atomic E-state index is 12.2. The maximum Gasteiger partial charge on any atom is 0.176 e. The monoisotopic (exact) mass is 309 g/mol. The van der Waals surface area contributed by atoms with Crippen LogP contribution in [0.3, 0.4) is 0 Å². The molecule has 18 heavy (non-hydrogen) atoms. The number of halogens is 1. The molecule has 1 aromatic rings. The van der Waals surface area contributed by atoms with Crippen molar-refractivity contribution in [3.05, 3.63) is 34.3 Å². The zero-order valence-electron chi connectivity index (χ0n) is 11.1. The third-order valence-electron chi connectivity index (χ3n) is 3.72. The Hall–Kier alpha value is -0.670. The second kappa shape index (κ2) is 5.54. The highest BCUT2D eigenvalue weighted by atomic mass is 79.9. The summed E-state index contributed by atoms with van der Waals surface area (Å²) in [5, 5.41) is 0. The normalized spacial score (nSPS) is 19.7. The van der Waals surface area contributed by atoms with Gasteiger partial charge in [0, 0.05) is 10.0 Å². The molecule has 1 aliphatic rings. The molecule has 0 unspecified atom stereocenters. The molecule has 1 saturated heterocycles. The Kier molecular flexibility index (Phi) is 4.23. The van der Waals surface area contributed by atoms with Crippen LogP contribution in [0.1, 0.15) is 37.0 Å². The van der Waals surface area contributed by atoms with Gasteiger partial charge >= 0.3 is 0 Å². The van der Waals surface area contributed by atoms with Crippen LogP contribution in [0.15, 0.2) is 28.7 Å². The maximum absolute atomic E-state index is 12.2. The van der Waals surface area contributed by atoms with Gasteiger partial charge in [-0.15, -0.1) is 0 Å². The second-order valence-corrected chi connectivity index (χ2v) is 6.79. The molecule has 0 aromatic heterocycles. The lowest BCUT2D eigenvalue weighted by atomic mass is 9.82. The van der Waals surface area contributed by atoms with Crippen LogP contribution < -0.4 is 0 Å². The van der Waals surface area contributed by atoms with Crippen LogP contribution in [0.4, 0.5) is 0 Å². The van der Waals surface area contributed by atoms with Crippen molar-refractivity contribution in [1.82, 2.24) is 4.90 Å². The fraction of sp³-hybridized carbons (Fsp3) is 0.533. The average Bonchev–Trinajstić information content (AvgIpc) is 2.32. The lowest BCUT2D eigenvalue weighted by molar-refractivity contribution is 0.0845. The number of likely N-dealkylation sites (tertiary alicyclic amines) is 1. The molecule has 3 heteroatoms. The number of carbonyl (C=O) groups is 1. The van der Waals surface area contributed by atoms with Crippen molar-refractivity contribution >= 4 is 21.7 Å². The highest BCUT2D eigenvalue weighted by molar-refractivity contribution is 9.10. The average molecular weight is 310 g/mol. The quantitative estimate of drug-likeness (QED) is 0.793. The van der Waals surface area contributed by atoms with E-state index in [0.717, 1.165) is 23.1 Å². The van der Waals surface area contributed by atoms with Gasteiger partial charge in [0.2, 0.25) is 0 Å². The molecule has 0 spiro atoms. The van der Waals surface area contributed by atoms with E-state index in [9.17, 15) is 4.79 Å². The minimum atomic E-state index is 0.219. The summed E-state index contributed by atoms with van der Waals surface area (Å²) in [6.07, 6.45) is 2.36. The van der Waals surface area contributed by atoms with Gasteiger partial charge in [0.05, 0.1) is 6.54 Å². The fourth-order valence-electron chi connectivity index (χ4n) is 2.27. The van der Waals surface area contributed by atoms with E-state index in [0.29, 0.717) is 12.0 Å². The van der Waals surface area contributed by atoms with Crippen LogP contribution in [-0.4, -0.2) is 30.3 Å². The summed E-state index contributed by atoms with van der Waals surface area (Å²) >= 11 is 3.40. The van der Waals surface area contributed by atoms with Gasteiger partial charge in [-0.2, -0.15) is 0 Å². The molecule has 98 valence electrons. The predicted octanol–water partition coefficient (Wildman–Crippen LogP) is 3.75. The van der Waals surface area contributed by atoms with E-state index in [4.69, 9.17) is 0 Å². The van der Waals surface area contributed by atoms with Crippen molar-refractivity contribution in [1.29, 1.82) is 0 Å². The van der Waals surface area contributed by atoms with Crippen LogP contribution in [0.5, 0.6) is 0 Å². The van der Waals surface area contributed by atoms with Gasteiger partial charge in [-0.1, -0.05) is 41.9 Å². The molecule has 2 nitrogen and oxygen atoms in total. The Labute approximate surface area is 117 Å². The highest BCUT2D eigenvalue weighted by Gasteiger charge is 2.26. The molecule has 0 atom stereocenters. The molecule has 2 rings (SSSR count). The van der Waals surface area contributed by atoms with Gasteiger partial charge in [0.15, 0.2) is 5.78 Å². The molecule has 1 heterocycles. The summed E-state index contributed by atoms with van der Waals surface area (Å²) in [5.74, 6) is 0.219. The first kappa shape index (κ1) is 13.8. The minimum Gasteiger partial charge on any atom is -0.296 e. The van der Waals surface area contributed by atoms with Crippen molar-refractivity contribution in [3.63, 3.8) is 0 Å². The van der Waals surface area contributed by atoms with Gasteiger partial charge in [-0.05, 0) is 43.5 Å². The fourth-order valence-corrected chi connectivity index (χ4v) is 2.67. The Balaban J connectivity index is 1.93. The zero-order chi connectivity index (χ0) is 13.2. The van der Waals surface area contributed by atoms with Crippen molar-refractivity contribution in [2.75, 3.05) is 19.6 Å². The standard InChI is InChI=1S/C15H20BrNO/c1-15(2)6-8-17(9-7-15)11-14(18)12-4-3-5-13(16)10-12/h3-5,10H,6-9,11H2,1-2H3. The molecule has 0 saturated carbocycles. The smallest absolute Gasteiger partial charge is 0.176 e. The first-order valence-electron chi connectivity index (χ1n) is 6.47. The third-order valence-corrected chi connectivity index (χ3v) is 4.22. The summed E-state index contributed by atoms with van der Waals surface area (Å²) in [6.45, 7) is 7.23. The number of hydrogen-bond acceptors (Lipinski definition) is 2. The van der Waals surface area contributed by atoms with Gasteiger partial charge in [0.1, 0.15) is 0 Å². The summed E-state index contributed by atoms with van der Waals surface area (Å²) < 4.78 is 0.966. The Morgan fingerprint density at radius 3 is 2.61 bits per heavy atom. The molecule has 1 aliphatic heterocycles. The van der Waals surface area contributed by atoms with E-state index >= 15 is 0 Å². The van der Waals surface area contributed by atoms with Crippen molar-refractivity contribution in [3.8, 4) is 0 Å². The Morgan fingerprint density at radius 1 is 1.33 bits per heavy atom. The van der Waals surface area contributed by atoms with Crippen LogP contribution in [0, 0.1) is 5.41 Å². The van der Waals surface area contributed by atoms with Crippen molar-refractivity contribution < 1.29 is 4.79 Å². The first-order chi connectivity index (χ1) is 8.46. The highest BCUT2D eigenvalue weighted by Crippen LogP contribution is 2.29. The molecular formula is C15H20BrNO. The largest absolute Gasteiger partial charge is 0.296 e. The van der Waals surface area contributed by atoms with Crippen LogP contribution in [0.25, 0.3) is 0 Å². The molecule has 0 aliphatic carbocycles. The lowest BCUT2D eigenvalue weighted by Crippen LogP contribution is -2.40. The van der Waals surface area contributed by atoms with Gasteiger partial charge in [0.25, 0.3) is 0 Å². The topological polar surface area (TPSA) is 20.3 Å². The van der Waals surface area contributed by atoms with E-state index in [-0.39, 0.29) is 5.78 Å². The summed E-state index contributed by atoms with van der Waals surface area (Å²) in [7, 11) is 0. The predicted molar refractivity (Wildman–Crippen MR) is 77.9 cm³/mol. The van der Waals surface area contributed by atoms with E-state index in [1.165, 1.54) is 12.8 Å². The van der Waals surface area contributed by atoms with Crippen molar-refractivity contribution in [2.45, 2.75) is 26.7 Å².